The first-order valence-electron chi connectivity index (χ1n) is 7.66. The van der Waals surface area contributed by atoms with Crippen molar-refractivity contribution in [3.8, 4) is 0 Å². The lowest BCUT2D eigenvalue weighted by molar-refractivity contribution is 0.0169. The van der Waals surface area contributed by atoms with E-state index in [0.29, 0.717) is 6.42 Å². The molecule has 4 heteroatoms. The number of rotatable bonds is 5. The van der Waals surface area contributed by atoms with Crippen LogP contribution in [-0.4, -0.2) is 23.1 Å². The van der Waals surface area contributed by atoms with Gasteiger partial charge in [0, 0.05) is 0 Å². The SMILES string of the molecule is CCC(OC(=O)c1ccc(C(C)(C)C)cc1C(=O)O)C(C)C. The maximum Gasteiger partial charge on any atom is 0.339 e. The quantitative estimate of drug-likeness (QED) is 0.825. The van der Waals surface area contributed by atoms with Gasteiger partial charge in [-0.2, -0.15) is 0 Å². The molecule has 0 aliphatic carbocycles. The third kappa shape index (κ3) is 4.33. The van der Waals surface area contributed by atoms with Crippen LogP contribution in [-0.2, 0) is 10.2 Å². The molecule has 4 nitrogen and oxygen atoms in total. The Morgan fingerprint density at radius 3 is 2.18 bits per heavy atom. The van der Waals surface area contributed by atoms with Crippen LogP contribution in [0.15, 0.2) is 18.2 Å². The van der Waals surface area contributed by atoms with Crippen LogP contribution >= 0.6 is 0 Å². The summed E-state index contributed by atoms with van der Waals surface area (Å²) in [5.41, 5.74) is 0.796. The molecule has 1 aromatic rings. The van der Waals surface area contributed by atoms with Crippen LogP contribution in [0.5, 0.6) is 0 Å². The molecule has 0 aromatic heterocycles. The number of benzene rings is 1. The van der Waals surface area contributed by atoms with Gasteiger partial charge in [0.05, 0.1) is 11.1 Å². The summed E-state index contributed by atoms with van der Waals surface area (Å²) in [6.07, 6.45) is 0.489. The summed E-state index contributed by atoms with van der Waals surface area (Å²) in [5, 5.41) is 9.40. The maximum atomic E-state index is 12.3. The monoisotopic (exact) mass is 306 g/mol. The summed E-state index contributed by atoms with van der Waals surface area (Å²) in [4.78, 5) is 23.8. The highest BCUT2D eigenvalue weighted by Gasteiger charge is 2.24. The van der Waals surface area contributed by atoms with Gasteiger partial charge in [0.1, 0.15) is 6.10 Å². The first-order valence-corrected chi connectivity index (χ1v) is 7.66. The van der Waals surface area contributed by atoms with Crippen molar-refractivity contribution in [1.82, 2.24) is 0 Å². The Bertz CT molecular complexity index is 553. The molecule has 1 aromatic carbocycles. The van der Waals surface area contributed by atoms with Crippen molar-refractivity contribution >= 4 is 11.9 Å². The molecule has 0 aliphatic heterocycles. The highest BCUT2D eigenvalue weighted by atomic mass is 16.5. The second-order valence-corrected chi connectivity index (χ2v) is 6.91. The second kappa shape index (κ2) is 6.95. The van der Waals surface area contributed by atoms with Gasteiger partial charge < -0.3 is 9.84 Å². The Kier molecular flexibility index (Phi) is 5.75. The van der Waals surface area contributed by atoms with Gasteiger partial charge in [-0.25, -0.2) is 9.59 Å². The minimum absolute atomic E-state index is 0.00367. The Morgan fingerprint density at radius 1 is 1.18 bits per heavy atom. The highest BCUT2D eigenvalue weighted by Crippen LogP contribution is 2.25. The van der Waals surface area contributed by atoms with Crippen LogP contribution in [0.4, 0.5) is 0 Å². The average molecular weight is 306 g/mol. The molecule has 1 unspecified atom stereocenters. The molecule has 1 atom stereocenters. The van der Waals surface area contributed by atoms with Gasteiger partial charge in [-0.15, -0.1) is 0 Å². The zero-order valence-corrected chi connectivity index (χ0v) is 14.3. The van der Waals surface area contributed by atoms with Crippen LogP contribution in [0.1, 0.15) is 74.2 Å². The Labute approximate surface area is 132 Å². The Morgan fingerprint density at radius 2 is 1.77 bits per heavy atom. The third-order valence-corrected chi connectivity index (χ3v) is 3.74. The van der Waals surface area contributed by atoms with Gasteiger partial charge in [0.2, 0.25) is 0 Å². The number of hydrogen-bond acceptors (Lipinski definition) is 3. The maximum absolute atomic E-state index is 12.3. The Hall–Kier alpha value is -1.84. The number of hydrogen-bond donors (Lipinski definition) is 1. The molecule has 0 spiro atoms. The van der Waals surface area contributed by atoms with E-state index in [1.165, 1.54) is 0 Å². The number of carboxylic acid groups (broad SMARTS) is 1. The molecule has 0 radical (unpaired) electrons. The summed E-state index contributed by atoms with van der Waals surface area (Å²) in [6.45, 7) is 11.9. The van der Waals surface area contributed by atoms with Crippen molar-refractivity contribution in [3.05, 3.63) is 34.9 Å². The highest BCUT2D eigenvalue weighted by molar-refractivity contribution is 6.02. The lowest BCUT2D eigenvalue weighted by atomic mass is 9.85. The van der Waals surface area contributed by atoms with E-state index in [9.17, 15) is 14.7 Å². The summed E-state index contributed by atoms with van der Waals surface area (Å²) in [5.74, 6) is -1.50. The molecular weight excluding hydrogens is 280 g/mol. The number of carbonyl (C=O) groups is 2. The third-order valence-electron chi connectivity index (χ3n) is 3.74. The van der Waals surface area contributed by atoms with Gasteiger partial charge in [-0.05, 0) is 35.4 Å². The fourth-order valence-electron chi connectivity index (χ4n) is 2.26. The number of aromatic carboxylic acids is 1. The molecule has 0 saturated carbocycles. The standard InChI is InChI=1S/C18H26O4/c1-7-15(11(2)3)22-17(21)13-9-8-12(18(4,5)6)10-14(13)16(19)20/h8-11,15H,7H2,1-6H3,(H,19,20). The van der Waals surface area contributed by atoms with Gasteiger partial charge >= 0.3 is 11.9 Å². The van der Waals surface area contributed by atoms with Crippen LogP contribution in [0.3, 0.4) is 0 Å². The van der Waals surface area contributed by atoms with Crippen LogP contribution in [0.25, 0.3) is 0 Å². The largest absolute Gasteiger partial charge is 0.478 e. The normalized spacial score (nSPS) is 13.0. The molecule has 0 saturated heterocycles. The fourth-order valence-corrected chi connectivity index (χ4v) is 2.26. The summed E-state index contributed by atoms with van der Waals surface area (Å²) in [6, 6.07) is 4.91. The summed E-state index contributed by atoms with van der Waals surface area (Å²) in [7, 11) is 0. The number of ether oxygens (including phenoxy) is 1. The van der Waals surface area contributed by atoms with Gasteiger partial charge in [0.15, 0.2) is 0 Å². The summed E-state index contributed by atoms with van der Waals surface area (Å²) < 4.78 is 5.46. The number of esters is 1. The lowest BCUT2D eigenvalue weighted by Gasteiger charge is -2.22. The average Bonchev–Trinajstić information content (AvgIpc) is 2.42. The van der Waals surface area contributed by atoms with Crippen molar-refractivity contribution < 1.29 is 19.4 Å². The van der Waals surface area contributed by atoms with Gasteiger partial charge in [-0.3, -0.25) is 0 Å². The topological polar surface area (TPSA) is 63.6 Å². The molecule has 0 fully saturated rings. The van der Waals surface area contributed by atoms with Crippen molar-refractivity contribution in [2.45, 2.75) is 59.5 Å². The molecule has 1 N–H and O–H groups in total. The van der Waals surface area contributed by atoms with E-state index in [2.05, 4.69) is 0 Å². The first kappa shape index (κ1) is 18.2. The molecule has 122 valence electrons. The van der Waals surface area contributed by atoms with E-state index in [1.54, 1.807) is 18.2 Å². The van der Waals surface area contributed by atoms with E-state index in [4.69, 9.17) is 4.74 Å². The fraction of sp³-hybridized carbons (Fsp3) is 0.556. The summed E-state index contributed by atoms with van der Waals surface area (Å²) >= 11 is 0. The van der Waals surface area contributed by atoms with Gasteiger partial charge in [0.25, 0.3) is 0 Å². The van der Waals surface area contributed by atoms with E-state index < -0.39 is 11.9 Å². The van der Waals surface area contributed by atoms with E-state index in [0.717, 1.165) is 5.56 Å². The first-order chi connectivity index (χ1) is 10.1. The number of carbonyl (C=O) groups excluding carboxylic acids is 1. The zero-order valence-electron chi connectivity index (χ0n) is 14.3. The number of carboxylic acids is 1. The zero-order chi connectivity index (χ0) is 17.1. The van der Waals surface area contributed by atoms with Crippen molar-refractivity contribution in [1.29, 1.82) is 0 Å². The van der Waals surface area contributed by atoms with Crippen molar-refractivity contribution in [2.75, 3.05) is 0 Å². The van der Waals surface area contributed by atoms with Crippen LogP contribution in [0.2, 0.25) is 0 Å². The smallest absolute Gasteiger partial charge is 0.339 e. The Balaban J connectivity index is 3.19. The van der Waals surface area contributed by atoms with Crippen molar-refractivity contribution in [2.24, 2.45) is 5.92 Å². The van der Waals surface area contributed by atoms with Crippen LogP contribution in [0, 0.1) is 5.92 Å². The van der Waals surface area contributed by atoms with E-state index in [-0.39, 0.29) is 28.6 Å². The molecular formula is C18H26O4. The lowest BCUT2D eigenvalue weighted by Crippen LogP contribution is -2.24. The second-order valence-electron chi connectivity index (χ2n) is 6.91. The molecule has 0 heterocycles. The molecule has 0 bridgehead atoms. The predicted molar refractivity (Wildman–Crippen MR) is 86.4 cm³/mol. The van der Waals surface area contributed by atoms with Gasteiger partial charge in [-0.1, -0.05) is 47.6 Å². The minimum Gasteiger partial charge on any atom is -0.478 e. The molecule has 1 rings (SSSR count). The molecule has 0 aliphatic rings. The van der Waals surface area contributed by atoms with Crippen molar-refractivity contribution in [3.63, 3.8) is 0 Å². The predicted octanol–water partition coefficient (Wildman–Crippen LogP) is 4.27. The minimum atomic E-state index is -1.12. The van der Waals surface area contributed by atoms with Crippen LogP contribution < -0.4 is 0 Å². The molecule has 22 heavy (non-hydrogen) atoms. The molecule has 0 amide bonds. The van der Waals surface area contributed by atoms with E-state index >= 15 is 0 Å². The van der Waals surface area contributed by atoms with E-state index in [1.807, 2.05) is 41.5 Å².